The van der Waals surface area contributed by atoms with Crippen LogP contribution in [0.4, 0.5) is 11.4 Å². The lowest BCUT2D eigenvalue weighted by atomic mass is 10.1. The predicted octanol–water partition coefficient (Wildman–Crippen LogP) is 4.88. The molecule has 9 nitrogen and oxygen atoms in total. The summed E-state index contributed by atoms with van der Waals surface area (Å²) in [6, 6.07) is 12.2. The van der Waals surface area contributed by atoms with Gasteiger partial charge in [-0.1, -0.05) is 53.5 Å². The van der Waals surface area contributed by atoms with Crippen molar-refractivity contribution in [3.63, 3.8) is 0 Å². The zero-order chi connectivity index (χ0) is 24.1. The third kappa shape index (κ3) is 5.76. The summed E-state index contributed by atoms with van der Waals surface area (Å²) < 4.78 is 6.88. The van der Waals surface area contributed by atoms with Gasteiger partial charge in [-0.3, -0.25) is 19.6 Å². The number of carbonyl (C=O) groups is 2. The molecule has 0 fully saturated rings. The number of aromatic nitrogens is 2. The van der Waals surface area contributed by atoms with E-state index in [4.69, 9.17) is 27.9 Å². The SMILES string of the molecule is Cc1nn(C)c(Cl)c1/C=C/C(=O)OC(C(=O)Nc1ccc(Cl)c([N+](=O)[O-])c1)c1ccccc1. The van der Waals surface area contributed by atoms with Crippen LogP contribution in [0.5, 0.6) is 0 Å². The standard InChI is InChI=1S/C22H18Cl2N4O5/c1-13-16(21(24)27(2)26-13)9-11-19(29)33-20(14-6-4-3-5-7-14)22(30)25-15-8-10-17(23)18(12-15)28(31)32/h3-12,20H,1-2H3,(H,25,30)/b11-9+. The van der Waals surface area contributed by atoms with E-state index in [1.807, 2.05) is 0 Å². The van der Waals surface area contributed by atoms with E-state index in [1.165, 1.54) is 22.9 Å². The number of hydrogen-bond donors (Lipinski definition) is 1. The Morgan fingerprint density at radius 2 is 1.91 bits per heavy atom. The number of carbonyl (C=O) groups excluding carboxylic acids is 2. The molecule has 0 saturated heterocycles. The molecule has 0 radical (unpaired) electrons. The molecule has 1 heterocycles. The smallest absolute Gasteiger partial charge is 0.331 e. The van der Waals surface area contributed by atoms with E-state index in [0.717, 1.165) is 12.1 Å². The predicted molar refractivity (Wildman–Crippen MR) is 124 cm³/mol. The first-order chi connectivity index (χ1) is 15.7. The first kappa shape index (κ1) is 24.0. The Bertz CT molecular complexity index is 1240. The topological polar surface area (TPSA) is 116 Å². The fourth-order valence-electron chi connectivity index (χ4n) is 2.98. The largest absolute Gasteiger partial charge is 0.444 e. The Labute approximate surface area is 198 Å². The fraction of sp³-hybridized carbons (Fsp3) is 0.136. The molecule has 0 aliphatic heterocycles. The molecule has 0 spiro atoms. The van der Waals surface area contributed by atoms with Gasteiger partial charge in [0.05, 0.1) is 10.6 Å². The normalized spacial score (nSPS) is 11.9. The van der Waals surface area contributed by atoms with Gasteiger partial charge in [0.1, 0.15) is 10.2 Å². The van der Waals surface area contributed by atoms with Crippen molar-refractivity contribution in [2.45, 2.75) is 13.0 Å². The number of nitrogens with zero attached hydrogens (tertiary/aromatic N) is 3. The summed E-state index contributed by atoms with van der Waals surface area (Å²) in [5.74, 6) is -1.49. The average molecular weight is 489 g/mol. The number of nitro groups is 1. The molecule has 1 N–H and O–H groups in total. The van der Waals surface area contributed by atoms with Crippen molar-refractivity contribution in [1.82, 2.24) is 9.78 Å². The Balaban J connectivity index is 1.83. The van der Waals surface area contributed by atoms with Gasteiger partial charge in [0, 0.05) is 36.0 Å². The molecule has 0 bridgehead atoms. The molecular weight excluding hydrogens is 471 g/mol. The number of hydrogen-bond acceptors (Lipinski definition) is 6. The average Bonchev–Trinajstić information content (AvgIpc) is 3.03. The summed E-state index contributed by atoms with van der Waals surface area (Å²) in [5.41, 5.74) is 1.34. The Morgan fingerprint density at radius 1 is 1.21 bits per heavy atom. The van der Waals surface area contributed by atoms with Crippen molar-refractivity contribution in [2.75, 3.05) is 5.32 Å². The number of nitrogens with one attached hydrogen (secondary N) is 1. The molecule has 0 aliphatic carbocycles. The van der Waals surface area contributed by atoms with E-state index in [2.05, 4.69) is 10.4 Å². The van der Waals surface area contributed by atoms with Crippen LogP contribution in [0.2, 0.25) is 10.2 Å². The summed E-state index contributed by atoms with van der Waals surface area (Å²) in [4.78, 5) is 35.9. The van der Waals surface area contributed by atoms with E-state index < -0.39 is 22.9 Å². The molecule has 3 aromatic rings. The van der Waals surface area contributed by atoms with Crippen molar-refractivity contribution in [1.29, 1.82) is 0 Å². The fourth-order valence-corrected chi connectivity index (χ4v) is 3.41. The summed E-state index contributed by atoms with van der Waals surface area (Å²) in [5, 5.41) is 18.1. The number of aryl methyl sites for hydroxylation is 2. The van der Waals surface area contributed by atoms with Crippen molar-refractivity contribution >= 4 is 52.5 Å². The Morgan fingerprint density at radius 3 is 2.52 bits per heavy atom. The highest BCUT2D eigenvalue weighted by atomic mass is 35.5. The number of benzene rings is 2. The number of ether oxygens (including phenoxy) is 1. The second-order valence-corrected chi connectivity index (χ2v) is 7.65. The van der Waals surface area contributed by atoms with E-state index >= 15 is 0 Å². The lowest BCUT2D eigenvalue weighted by molar-refractivity contribution is -0.384. The molecule has 1 unspecified atom stereocenters. The molecule has 0 aliphatic rings. The van der Waals surface area contributed by atoms with Crippen LogP contribution in [0.25, 0.3) is 6.08 Å². The molecule has 3 rings (SSSR count). The molecule has 0 saturated carbocycles. The Hall–Kier alpha value is -3.69. The van der Waals surface area contributed by atoms with Gasteiger partial charge in [0.2, 0.25) is 6.10 Å². The molecule has 170 valence electrons. The zero-order valence-electron chi connectivity index (χ0n) is 17.5. The summed E-state index contributed by atoms with van der Waals surface area (Å²) >= 11 is 12.0. The van der Waals surface area contributed by atoms with Crippen LogP contribution in [0, 0.1) is 17.0 Å². The second-order valence-electron chi connectivity index (χ2n) is 6.89. The van der Waals surface area contributed by atoms with Crippen LogP contribution in [0.15, 0.2) is 54.6 Å². The van der Waals surface area contributed by atoms with Gasteiger partial charge < -0.3 is 10.1 Å². The summed E-state index contributed by atoms with van der Waals surface area (Å²) in [6.45, 7) is 1.74. The number of anilines is 1. The molecule has 1 amide bonds. The number of rotatable bonds is 7. The molecular formula is C22H18Cl2N4O5. The van der Waals surface area contributed by atoms with Crippen LogP contribution in [-0.4, -0.2) is 26.6 Å². The number of amides is 1. The maximum absolute atomic E-state index is 13.0. The maximum atomic E-state index is 13.0. The lowest BCUT2D eigenvalue weighted by Crippen LogP contribution is -2.25. The van der Waals surface area contributed by atoms with E-state index in [-0.39, 0.29) is 16.4 Å². The van der Waals surface area contributed by atoms with Crippen molar-refractivity contribution in [3.8, 4) is 0 Å². The minimum atomic E-state index is -1.32. The van der Waals surface area contributed by atoms with Crippen molar-refractivity contribution < 1.29 is 19.2 Å². The van der Waals surface area contributed by atoms with Gasteiger partial charge in [-0.25, -0.2) is 4.79 Å². The van der Waals surface area contributed by atoms with Gasteiger partial charge in [0.25, 0.3) is 11.6 Å². The van der Waals surface area contributed by atoms with Gasteiger partial charge in [0.15, 0.2) is 0 Å². The minimum absolute atomic E-state index is 0.0708. The number of nitro benzene ring substituents is 1. The maximum Gasteiger partial charge on any atom is 0.331 e. The van der Waals surface area contributed by atoms with Crippen LogP contribution < -0.4 is 5.32 Å². The Kier molecular flexibility index (Phi) is 7.47. The number of halogens is 2. The van der Waals surface area contributed by atoms with Gasteiger partial charge >= 0.3 is 5.97 Å². The van der Waals surface area contributed by atoms with Gasteiger partial charge in [-0.15, -0.1) is 0 Å². The highest BCUT2D eigenvalue weighted by Gasteiger charge is 2.25. The molecule has 33 heavy (non-hydrogen) atoms. The van der Waals surface area contributed by atoms with E-state index in [9.17, 15) is 19.7 Å². The summed E-state index contributed by atoms with van der Waals surface area (Å²) in [6.07, 6.45) is 1.28. The summed E-state index contributed by atoms with van der Waals surface area (Å²) in [7, 11) is 1.67. The van der Waals surface area contributed by atoms with Crippen molar-refractivity contribution in [2.24, 2.45) is 7.05 Å². The molecule has 1 atom stereocenters. The molecule has 1 aromatic heterocycles. The van der Waals surface area contributed by atoms with E-state index in [0.29, 0.717) is 22.0 Å². The number of esters is 1. The monoisotopic (exact) mass is 488 g/mol. The van der Waals surface area contributed by atoms with Crippen molar-refractivity contribution in [3.05, 3.63) is 91.7 Å². The lowest BCUT2D eigenvalue weighted by Gasteiger charge is -2.17. The second kappa shape index (κ2) is 10.3. The van der Waals surface area contributed by atoms with Gasteiger partial charge in [-0.05, 0) is 25.1 Å². The highest BCUT2D eigenvalue weighted by Crippen LogP contribution is 2.28. The minimum Gasteiger partial charge on any atom is -0.444 e. The third-order valence-electron chi connectivity index (χ3n) is 4.57. The van der Waals surface area contributed by atoms with Crippen LogP contribution in [0.3, 0.4) is 0 Å². The van der Waals surface area contributed by atoms with Gasteiger partial charge in [-0.2, -0.15) is 5.10 Å². The quantitative estimate of drug-likeness (QED) is 0.219. The first-order valence-corrected chi connectivity index (χ1v) is 10.3. The zero-order valence-corrected chi connectivity index (χ0v) is 19.0. The highest BCUT2D eigenvalue weighted by molar-refractivity contribution is 6.32. The third-order valence-corrected chi connectivity index (χ3v) is 5.33. The molecule has 2 aromatic carbocycles. The first-order valence-electron chi connectivity index (χ1n) is 9.55. The molecule has 11 heteroatoms. The van der Waals surface area contributed by atoms with Crippen LogP contribution >= 0.6 is 23.2 Å². The van der Waals surface area contributed by atoms with E-state index in [1.54, 1.807) is 44.3 Å². The van der Waals surface area contributed by atoms with Crippen LogP contribution in [0.1, 0.15) is 22.9 Å². The van der Waals surface area contributed by atoms with Crippen LogP contribution in [-0.2, 0) is 21.4 Å².